The molecule has 2 aromatic heterocycles. The Hall–Kier alpha value is -2.72. The Labute approximate surface area is 210 Å². The lowest BCUT2D eigenvalue weighted by Crippen LogP contribution is -2.26. The number of alkyl halides is 2. The van der Waals surface area contributed by atoms with Crippen molar-refractivity contribution in [3.63, 3.8) is 0 Å². The van der Waals surface area contributed by atoms with Crippen molar-refractivity contribution in [3.8, 4) is 22.8 Å². The smallest absolute Gasteiger partial charge is 0.387 e. The molecule has 1 fully saturated rings. The predicted molar refractivity (Wildman–Crippen MR) is 139 cm³/mol. The molecule has 7 nitrogen and oxygen atoms in total. The first-order chi connectivity index (χ1) is 17.2. The van der Waals surface area contributed by atoms with Gasteiger partial charge in [-0.15, -0.1) is 0 Å². The van der Waals surface area contributed by atoms with Gasteiger partial charge in [-0.3, -0.25) is 4.79 Å². The molecular weight excluding hydrogens is 484 g/mol. The van der Waals surface area contributed by atoms with Gasteiger partial charge in [0.15, 0.2) is 11.5 Å². The number of ether oxygens (including phenoxy) is 3. The van der Waals surface area contributed by atoms with Crippen molar-refractivity contribution in [2.75, 3.05) is 6.61 Å². The van der Waals surface area contributed by atoms with Gasteiger partial charge in [-0.2, -0.15) is 13.9 Å². The third-order valence-electron chi connectivity index (χ3n) is 6.16. The number of fused-ring (bicyclic) bond motifs is 1. The van der Waals surface area contributed by atoms with E-state index in [0.29, 0.717) is 23.9 Å². The molecule has 0 radical (unpaired) electrons. The van der Waals surface area contributed by atoms with E-state index in [-0.39, 0.29) is 29.9 Å². The van der Waals surface area contributed by atoms with Gasteiger partial charge in [0.2, 0.25) is 0 Å². The molecule has 1 saturated carbocycles. The van der Waals surface area contributed by atoms with Crippen molar-refractivity contribution in [2.24, 2.45) is 0 Å². The highest BCUT2D eigenvalue weighted by Crippen LogP contribution is 2.39. The summed E-state index contributed by atoms with van der Waals surface area (Å²) in [6.45, 7) is 6.69. The molecule has 1 aliphatic rings. The number of nitrogens with one attached hydrogen (secondary N) is 1. The maximum Gasteiger partial charge on any atom is 0.387 e. The van der Waals surface area contributed by atoms with Crippen molar-refractivity contribution in [2.45, 2.75) is 84.2 Å². The lowest BCUT2D eigenvalue weighted by molar-refractivity contribution is -0.0516. The minimum atomic E-state index is -2.94. The first-order valence-electron chi connectivity index (χ1n) is 12.6. The van der Waals surface area contributed by atoms with E-state index >= 15 is 0 Å². The second-order valence-electron chi connectivity index (χ2n) is 10.5. The van der Waals surface area contributed by atoms with Crippen molar-refractivity contribution < 1.29 is 23.0 Å². The second-order valence-corrected chi connectivity index (χ2v) is 16.1. The van der Waals surface area contributed by atoms with Crippen LogP contribution in [-0.4, -0.2) is 42.2 Å². The second kappa shape index (κ2) is 11.1. The predicted octanol–water partition coefficient (Wildman–Crippen LogP) is 6.19. The van der Waals surface area contributed by atoms with Gasteiger partial charge < -0.3 is 19.2 Å². The van der Waals surface area contributed by atoms with Crippen LogP contribution in [0.4, 0.5) is 8.78 Å². The van der Waals surface area contributed by atoms with E-state index in [1.54, 1.807) is 18.3 Å². The highest BCUT2D eigenvalue weighted by atomic mass is 28.3. The highest BCUT2D eigenvalue weighted by Gasteiger charge is 2.26. The van der Waals surface area contributed by atoms with E-state index in [4.69, 9.17) is 9.47 Å². The molecule has 1 aromatic carbocycles. The molecule has 3 aromatic rings. The van der Waals surface area contributed by atoms with Gasteiger partial charge >= 0.3 is 6.61 Å². The molecule has 1 aliphatic carbocycles. The summed E-state index contributed by atoms with van der Waals surface area (Å²) in [5.74, 6) is 0.285. The summed E-state index contributed by atoms with van der Waals surface area (Å²) in [5.41, 5.74) is 2.82. The molecule has 0 amide bonds. The van der Waals surface area contributed by atoms with E-state index in [2.05, 4.69) is 41.4 Å². The van der Waals surface area contributed by atoms with Gasteiger partial charge in [0, 0.05) is 20.2 Å². The Kier molecular flexibility index (Phi) is 8.14. The van der Waals surface area contributed by atoms with Gasteiger partial charge in [0.1, 0.15) is 6.73 Å². The molecule has 2 heterocycles. The van der Waals surface area contributed by atoms with Crippen molar-refractivity contribution in [3.05, 3.63) is 40.3 Å². The zero-order chi connectivity index (χ0) is 25.9. The number of hydrogen-bond acceptors (Lipinski definition) is 5. The third-order valence-corrected chi connectivity index (χ3v) is 7.87. The monoisotopic (exact) mass is 519 g/mol. The summed E-state index contributed by atoms with van der Waals surface area (Å²) in [5, 5.41) is 4.90. The van der Waals surface area contributed by atoms with Crippen molar-refractivity contribution in [1.82, 2.24) is 14.8 Å². The van der Waals surface area contributed by atoms with Crippen LogP contribution in [0, 0.1) is 0 Å². The molecule has 1 N–H and O–H groups in total. The normalized spacial score (nSPS) is 14.1. The van der Waals surface area contributed by atoms with Gasteiger partial charge in [-0.05, 0) is 55.5 Å². The average Bonchev–Trinajstić information content (AvgIpc) is 3.54. The van der Waals surface area contributed by atoms with Crippen molar-refractivity contribution in [1.29, 1.82) is 0 Å². The van der Waals surface area contributed by atoms with E-state index in [9.17, 15) is 13.6 Å². The number of aromatic amines is 1. The van der Waals surface area contributed by atoms with Crippen LogP contribution >= 0.6 is 0 Å². The molecule has 0 atom stereocenters. The minimum absolute atomic E-state index is 0.00589. The molecule has 36 heavy (non-hydrogen) atoms. The van der Waals surface area contributed by atoms with Crippen LogP contribution in [0.25, 0.3) is 22.2 Å². The van der Waals surface area contributed by atoms with Gasteiger partial charge in [-0.1, -0.05) is 33.0 Å². The number of aryl methyl sites for hydroxylation is 1. The van der Waals surface area contributed by atoms with Gasteiger partial charge in [0.25, 0.3) is 5.56 Å². The zero-order valence-corrected chi connectivity index (χ0v) is 22.4. The highest BCUT2D eigenvalue weighted by molar-refractivity contribution is 6.76. The lowest BCUT2D eigenvalue weighted by Gasteiger charge is -2.15. The largest absolute Gasteiger partial charge is 0.487 e. The fourth-order valence-corrected chi connectivity index (χ4v) is 4.75. The molecule has 0 unspecified atom stereocenters. The molecule has 0 aliphatic heterocycles. The van der Waals surface area contributed by atoms with E-state index in [1.807, 2.05) is 0 Å². The number of unbranched alkanes of at least 4 members (excludes halogenated alkanes) is 1. The van der Waals surface area contributed by atoms with Crippen LogP contribution in [0.3, 0.4) is 0 Å². The Bertz CT molecular complexity index is 1250. The van der Waals surface area contributed by atoms with Crippen LogP contribution in [-0.2, 0) is 17.9 Å². The lowest BCUT2D eigenvalue weighted by atomic mass is 10.0. The SMILES string of the molecule is CCCCc1c(-c2ccc(OC(F)F)c(OC3CC3)c2)[nH]c2cnn(COCC[Si](C)(C)C)c(=O)c12. The van der Waals surface area contributed by atoms with E-state index in [1.165, 1.54) is 10.7 Å². The topological polar surface area (TPSA) is 78.4 Å². The number of rotatable bonds is 13. The zero-order valence-electron chi connectivity index (χ0n) is 21.4. The maximum atomic E-state index is 13.4. The number of benzene rings is 1. The molecule has 196 valence electrons. The van der Waals surface area contributed by atoms with Gasteiger partial charge in [0.05, 0.1) is 28.9 Å². The van der Waals surface area contributed by atoms with E-state index < -0.39 is 14.7 Å². The summed E-state index contributed by atoms with van der Waals surface area (Å²) in [6, 6.07) is 5.93. The fraction of sp³-hybridized carbons (Fsp3) is 0.538. The first-order valence-corrected chi connectivity index (χ1v) is 16.3. The molecule has 0 saturated heterocycles. The Morgan fingerprint density at radius 2 is 2.00 bits per heavy atom. The van der Waals surface area contributed by atoms with Crippen LogP contribution in [0.15, 0.2) is 29.2 Å². The summed E-state index contributed by atoms with van der Waals surface area (Å²) in [7, 11) is -1.23. The maximum absolute atomic E-state index is 13.4. The van der Waals surface area contributed by atoms with E-state index in [0.717, 1.165) is 48.5 Å². The quantitative estimate of drug-likeness (QED) is 0.215. The number of hydrogen-bond donors (Lipinski definition) is 1. The van der Waals surface area contributed by atoms with Gasteiger partial charge in [-0.25, -0.2) is 4.68 Å². The molecule has 10 heteroatoms. The van der Waals surface area contributed by atoms with Crippen LogP contribution in [0.1, 0.15) is 38.2 Å². The summed E-state index contributed by atoms with van der Waals surface area (Å²) in [6.07, 6.45) is 5.98. The van der Waals surface area contributed by atoms with Crippen LogP contribution in [0.5, 0.6) is 11.5 Å². The summed E-state index contributed by atoms with van der Waals surface area (Å²) < 4.78 is 43.6. The first kappa shape index (κ1) is 26.3. The molecule has 4 rings (SSSR count). The number of halogens is 2. The van der Waals surface area contributed by atoms with Crippen molar-refractivity contribution >= 4 is 19.0 Å². The number of H-pyrrole nitrogens is 1. The summed E-state index contributed by atoms with van der Waals surface area (Å²) >= 11 is 0. The van der Waals surface area contributed by atoms with Crippen LogP contribution in [0.2, 0.25) is 25.7 Å². The Balaban J connectivity index is 1.70. The summed E-state index contributed by atoms with van der Waals surface area (Å²) in [4.78, 5) is 16.8. The third kappa shape index (κ3) is 6.53. The number of nitrogens with zero attached hydrogens (tertiary/aromatic N) is 2. The molecule has 0 bridgehead atoms. The molecule has 0 spiro atoms. The van der Waals surface area contributed by atoms with Crippen LogP contribution < -0.4 is 15.0 Å². The Morgan fingerprint density at radius 3 is 2.67 bits per heavy atom. The average molecular weight is 520 g/mol. The Morgan fingerprint density at radius 1 is 1.22 bits per heavy atom. The number of aromatic nitrogens is 3. The fourth-order valence-electron chi connectivity index (χ4n) is 4.00. The molecular formula is C26H35F2N3O4Si. The minimum Gasteiger partial charge on any atom is -0.487 e. The standard InChI is InChI=1S/C26H35F2N3O4Si/c1-5-6-7-19-23-20(15-29-31(25(23)32)16-33-12-13-36(2,3)4)30-24(19)17-8-11-21(35-26(27)28)22(14-17)34-18-9-10-18/h8,11,14-15,18,26,30H,5-7,9-10,12-13,16H2,1-4H3.